The Morgan fingerprint density at radius 1 is 1.24 bits per heavy atom. The molecule has 0 spiro atoms. The molecule has 0 aromatic carbocycles. The van der Waals surface area contributed by atoms with Gasteiger partial charge < -0.3 is 4.84 Å². The van der Waals surface area contributed by atoms with Gasteiger partial charge in [-0.2, -0.15) is 0 Å². The van der Waals surface area contributed by atoms with Crippen molar-refractivity contribution in [2.24, 2.45) is 0 Å². The predicted octanol–water partition coefficient (Wildman–Crippen LogP) is 0.826. The van der Waals surface area contributed by atoms with Gasteiger partial charge in [0.25, 0.3) is 5.91 Å². The lowest BCUT2D eigenvalue weighted by atomic mass is 10.5. The fourth-order valence-corrected chi connectivity index (χ4v) is 0.354. The average Bonchev–Trinajstić information content (AvgIpc) is 2.37. The van der Waals surface area contributed by atoms with Crippen LogP contribution in [0.5, 0.6) is 0 Å². The molecule has 8 heteroatoms. The zero-order valence-corrected chi connectivity index (χ0v) is 12.3. The molecule has 0 atom stereocenters. The van der Waals surface area contributed by atoms with Crippen molar-refractivity contribution in [2.75, 3.05) is 40.1 Å². The molecular weight excluding hydrogens is 271 g/mol. The molecule has 0 aliphatic rings. The Bertz CT molecular complexity index is 192. The van der Waals surface area contributed by atoms with E-state index in [2.05, 4.69) is 15.2 Å². The molecule has 0 rings (SSSR count). The van der Waals surface area contributed by atoms with Gasteiger partial charge in [0.05, 0.1) is 20.1 Å². The molecule has 0 aromatic heterocycles. The Labute approximate surface area is 112 Å². The molecule has 0 aromatic rings. The highest BCUT2D eigenvalue weighted by molar-refractivity contribution is 6.27. The van der Waals surface area contributed by atoms with Gasteiger partial charge in [0.2, 0.25) is 0 Å². The number of hydroxylamine groups is 3. The Hall–Kier alpha value is -0.400. The molecule has 0 radical (unpaired) electrons. The van der Waals surface area contributed by atoms with E-state index < -0.39 is 0 Å². The number of alkyl halides is 2. The number of hydrogen-bond acceptors (Lipinski definition) is 5. The number of nitrogens with one attached hydrogen (secondary N) is 1. The number of hydrogen-bond donors (Lipinski definition) is 1. The van der Waals surface area contributed by atoms with Crippen molar-refractivity contribution >= 4 is 34.9 Å². The first-order valence-electron chi connectivity index (χ1n) is 4.52. The van der Waals surface area contributed by atoms with Gasteiger partial charge in [0, 0.05) is 14.1 Å². The van der Waals surface area contributed by atoms with Crippen LogP contribution in [0, 0.1) is 0 Å². The van der Waals surface area contributed by atoms with Gasteiger partial charge >= 0.3 is 0 Å². The second-order valence-corrected chi connectivity index (χ2v) is 2.99. The summed E-state index contributed by atoms with van der Waals surface area (Å²) in [6.45, 7) is 1.45. The van der Waals surface area contributed by atoms with Crippen LogP contribution in [0.2, 0.25) is 0 Å². The first-order chi connectivity index (χ1) is 7.90. The van der Waals surface area contributed by atoms with Gasteiger partial charge in [-0.1, -0.05) is 0 Å². The number of halogens is 2. The molecule has 0 heterocycles. The first kappa shape index (κ1) is 21.8. The molecule has 0 aliphatic carbocycles. The van der Waals surface area contributed by atoms with Crippen LogP contribution >= 0.6 is 23.2 Å². The molecule has 1 N–H and O–H groups in total. The number of ketones is 1. The Kier molecular flexibility index (Phi) is 23.1. The number of amides is 1. The maximum atomic E-state index is 10.4. The lowest BCUT2D eigenvalue weighted by molar-refractivity contribution is -0.165. The van der Waals surface area contributed by atoms with Crippen LogP contribution in [0.3, 0.4) is 0 Å². The number of carbonyl (C=O) groups is 2. The van der Waals surface area contributed by atoms with Gasteiger partial charge in [0.15, 0.2) is 0 Å². The highest BCUT2D eigenvalue weighted by atomic mass is 35.5. The summed E-state index contributed by atoms with van der Waals surface area (Å²) in [5.41, 5.74) is 2.43. The normalized spacial score (nSPS) is 8.18. The summed E-state index contributed by atoms with van der Waals surface area (Å²) in [4.78, 5) is 28.9. The van der Waals surface area contributed by atoms with E-state index in [1.807, 2.05) is 0 Å². The third-order valence-corrected chi connectivity index (χ3v) is 1.74. The molecule has 0 saturated carbocycles. The van der Waals surface area contributed by atoms with Crippen molar-refractivity contribution in [3.63, 3.8) is 0 Å². The second kappa shape index (κ2) is 18.0. The van der Waals surface area contributed by atoms with Crippen molar-refractivity contribution in [3.05, 3.63) is 0 Å². The second-order valence-electron chi connectivity index (χ2n) is 2.45. The van der Waals surface area contributed by atoms with E-state index in [9.17, 15) is 9.59 Å². The standard InChI is InChI=1S/C4H8ClNO2.C3H5ClO.C2H7NO/c1-6(8-2)4(7)3-5;1-3(5)2-4;1-3-4-2/h3H2,1-2H3;2H2,1H3;3H,1-2H3. The quantitative estimate of drug-likeness (QED) is 0.613. The number of Topliss-reactive ketones (excluding diaryl/α,β-unsaturated/α-hetero) is 1. The van der Waals surface area contributed by atoms with E-state index in [0.29, 0.717) is 0 Å². The summed E-state index contributed by atoms with van der Waals surface area (Å²) in [5.74, 6) is -0.120. The van der Waals surface area contributed by atoms with Crippen LogP contribution < -0.4 is 5.48 Å². The Morgan fingerprint density at radius 2 is 1.59 bits per heavy atom. The fourth-order valence-electron chi connectivity index (χ4n) is 0.186. The van der Waals surface area contributed by atoms with Crippen molar-refractivity contribution in [2.45, 2.75) is 6.92 Å². The van der Waals surface area contributed by atoms with Gasteiger partial charge in [-0.15, -0.1) is 23.2 Å². The number of carbonyl (C=O) groups excluding carboxylic acids is 2. The van der Waals surface area contributed by atoms with Crippen molar-refractivity contribution in [1.82, 2.24) is 10.5 Å². The minimum atomic E-state index is -0.242. The van der Waals surface area contributed by atoms with Crippen molar-refractivity contribution in [1.29, 1.82) is 0 Å². The summed E-state index contributed by atoms with van der Waals surface area (Å²) in [7, 11) is 6.19. The van der Waals surface area contributed by atoms with Crippen LogP contribution in [0.15, 0.2) is 0 Å². The van der Waals surface area contributed by atoms with E-state index in [1.165, 1.54) is 21.1 Å². The SMILES string of the molecule is CC(=O)CCl.CNOC.CON(C)C(=O)CCl. The smallest absolute Gasteiger partial charge is 0.260 e. The summed E-state index contributed by atoms with van der Waals surface area (Å²) < 4.78 is 0. The summed E-state index contributed by atoms with van der Waals surface area (Å²) in [6, 6.07) is 0. The monoisotopic (exact) mass is 290 g/mol. The Balaban J connectivity index is -0.000000188. The molecule has 17 heavy (non-hydrogen) atoms. The molecule has 0 unspecified atom stereocenters. The van der Waals surface area contributed by atoms with Gasteiger partial charge in [-0.05, 0) is 6.92 Å². The zero-order valence-electron chi connectivity index (χ0n) is 10.8. The highest BCUT2D eigenvalue weighted by Gasteiger charge is 2.02. The van der Waals surface area contributed by atoms with Crippen LogP contribution in [-0.2, 0) is 19.3 Å². The summed E-state index contributed by atoms with van der Waals surface area (Å²) >= 11 is 10.1. The van der Waals surface area contributed by atoms with Gasteiger partial charge in [-0.25, -0.2) is 10.5 Å². The Morgan fingerprint density at radius 3 is 1.65 bits per heavy atom. The minimum absolute atomic E-state index is 0.0201. The molecule has 0 bridgehead atoms. The largest absolute Gasteiger partial charge is 0.305 e. The van der Waals surface area contributed by atoms with Crippen molar-refractivity contribution < 1.29 is 19.3 Å². The topological polar surface area (TPSA) is 67.9 Å². The molecule has 1 amide bonds. The maximum Gasteiger partial charge on any atom is 0.260 e. The molecule has 104 valence electrons. The van der Waals surface area contributed by atoms with E-state index in [1.54, 1.807) is 14.2 Å². The fraction of sp³-hybridized carbons (Fsp3) is 0.778. The van der Waals surface area contributed by atoms with E-state index >= 15 is 0 Å². The molecule has 0 aliphatic heterocycles. The molecular formula is C9H20Cl2N2O4. The van der Waals surface area contributed by atoms with Gasteiger partial charge in [0.1, 0.15) is 11.7 Å². The highest BCUT2D eigenvalue weighted by Crippen LogP contribution is 1.85. The summed E-state index contributed by atoms with van der Waals surface area (Å²) in [6.07, 6.45) is 0. The molecule has 0 saturated heterocycles. The van der Waals surface area contributed by atoms with Crippen LogP contribution in [0.25, 0.3) is 0 Å². The lowest BCUT2D eigenvalue weighted by Crippen LogP contribution is -2.26. The molecule has 6 nitrogen and oxygen atoms in total. The van der Waals surface area contributed by atoms with E-state index in [-0.39, 0.29) is 23.5 Å². The maximum absolute atomic E-state index is 10.4. The third-order valence-electron chi connectivity index (χ3n) is 1.13. The minimum Gasteiger partial charge on any atom is -0.305 e. The van der Waals surface area contributed by atoms with E-state index in [4.69, 9.17) is 23.2 Å². The van der Waals surface area contributed by atoms with Crippen molar-refractivity contribution in [3.8, 4) is 0 Å². The van der Waals surface area contributed by atoms with E-state index in [0.717, 1.165) is 5.06 Å². The third kappa shape index (κ3) is 25.7. The summed E-state index contributed by atoms with van der Waals surface area (Å²) in [5, 5.41) is 1.08. The molecule has 0 fully saturated rings. The lowest BCUT2D eigenvalue weighted by Gasteiger charge is -2.10. The van der Waals surface area contributed by atoms with Crippen LogP contribution in [-0.4, -0.2) is 56.8 Å². The van der Waals surface area contributed by atoms with Gasteiger partial charge in [-0.3, -0.25) is 14.4 Å². The van der Waals surface area contributed by atoms with Crippen LogP contribution in [0.4, 0.5) is 0 Å². The first-order valence-corrected chi connectivity index (χ1v) is 5.59. The van der Waals surface area contributed by atoms with Crippen LogP contribution in [0.1, 0.15) is 6.92 Å². The predicted molar refractivity (Wildman–Crippen MR) is 68.0 cm³/mol. The number of rotatable bonds is 4. The number of nitrogens with zero attached hydrogens (tertiary/aromatic N) is 1. The average molecular weight is 291 g/mol. The zero-order chi connectivity index (χ0) is 14.3.